The highest BCUT2D eigenvalue weighted by Crippen LogP contribution is 2.32. The van der Waals surface area contributed by atoms with Gasteiger partial charge in [-0.3, -0.25) is 4.79 Å². The average molecular weight is 434 g/mol. The molecule has 3 N–H and O–H groups in total. The lowest BCUT2D eigenvalue weighted by Gasteiger charge is -2.17. The molecule has 9 heteroatoms. The van der Waals surface area contributed by atoms with Crippen LogP contribution in [0.3, 0.4) is 0 Å². The van der Waals surface area contributed by atoms with Gasteiger partial charge in [0.25, 0.3) is 5.91 Å². The van der Waals surface area contributed by atoms with E-state index >= 15 is 0 Å². The second-order valence-electron chi connectivity index (χ2n) is 6.38. The largest absolute Gasteiger partial charge is 0.490 e. The van der Waals surface area contributed by atoms with Gasteiger partial charge in [0.2, 0.25) is 0 Å². The molecule has 2 aromatic rings. The van der Waals surface area contributed by atoms with Gasteiger partial charge in [0, 0.05) is 31.3 Å². The number of carbonyl (C=O) groups is 1. The monoisotopic (exact) mass is 434 g/mol. The van der Waals surface area contributed by atoms with Crippen molar-refractivity contribution in [3.05, 3.63) is 59.2 Å². The number of amides is 1. The minimum Gasteiger partial charge on any atom is -0.490 e. The van der Waals surface area contributed by atoms with Crippen molar-refractivity contribution in [3.8, 4) is 11.5 Å². The molecule has 0 saturated heterocycles. The summed E-state index contributed by atoms with van der Waals surface area (Å²) in [7, 11) is 1.58. The predicted octanol–water partition coefficient (Wildman–Crippen LogP) is 3.30. The SMILES string of the molecule is CCNC(=NCc1cccc(C(=O)NC)c1)NCc1cccc(OCC)c1OC(F)F. The predicted molar refractivity (Wildman–Crippen MR) is 116 cm³/mol. The van der Waals surface area contributed by atoms with Crippen LogP contribution in [0, 0.1) is 0 Å². The summed E-state index contributed by atoms with van der Waals surface area (Å²) in [4.78, 5) is 16.3. The Morgan fingerprint density at radius 3 is 2.58 bits per heavy atom. The van der Waals surface area contributed by atoms with Crippen LogP contribution < -0.4 is 25.4 Å². The smallest absolute Gasteiger partial charge is 0.387 e. The molecule has 31 heavy (non-hydrogen) atoms. The number of nitrogens with zero attached hydrogens (tertiary/aromatic N) is 1. The number of carbonyl (C=O) groups excluding carboxylic acids is 1. The lowest BCUT2D eigenvalue weighted by Crippen LogP contribution is -2.37. The molecule has 0 saturated carbocycles. The highest BCUT2D eigenvalue weighted by atomic mass is 19.3. The number of rotatable bonds is 10. The third-order valence-corrected chi connectivity index (χ3v) is 4.19. The quantitative estimate of drug-likeness (QED) is 0.395. The van der Waals surface area contributed by atoms with Crippen LogP contribution >= 0.6 is 0 Å². The minimum absolute atomic E-state index is 0.000905. The van der Waals surface area contributed by atoms with Crippen LogP contribution in [0.5, 0.6) is 11.5 Å². The molecule has 2 rings (SSSR count). The Morgan fingerprint density at radius 2 is 1.90 bits per heavy atom. The molecule has 168 valence electrons. The van der Waals surface area contributed by atoms with Crippen molar-refractivity contribution < 1.29 is 23.0 Å². The van der Waals surface area contributed by atoms with E-state index in [4.69, 9.17) is 9.47 Å². The lowest BCUT2D eigenvalue weighted by atomic mass is 10.1. The average Bonchev–Trinajstić information content (AvgIpc) is 2.76. The Balaban J connectivity index is 2.15. The van der Waals surface area contributed by atoms with Gasteiger partial charge in [0.05, 0.1) is 13.2 Å². The Kier molecular flexibility index (Phi) is 9.54. The third-order valence-electron chi connectivity index (χ3n) is 4.19. The molecule has 0 bridgehead atoms. The summed E-state index contributed by atoms with van der Waals surface area (Å²) in [5.74, 6) is 0.588. The molecule has 2 aromatic carbocycles. The van der Waals surface area contributed by atoms with E-state index in [1.54, 1.807) is 50.4 Å². The van der Waals surface area contributed by atoms with E-state index < -0.39 is 6.61 Å². The Bertz CT molecular complexity index is 891. The first-order valence-electron chi connectivity index (χ1n) is 10.0. The molecule has 0 fully saturated rings. The number of nitrogens with one attached hydrogen (secondary N) is 3. The number of halogens is 2. The maximum Gasteiger partial charge on any atom is 0.387 e. The molecule has 0 spiro atoms. The molecule has 0 aliphatic rings. The number of hydrogen-bond donors (Lipinski definition) is 3. The van der Waals surface area contributed by atoms with Crippen molar-refractivity contribution in [2.45, 2.75) is 33.5 Å². The van der Waals surface area contributed by atoms with E-state index in [1.165, 1.54) is 0 Å². The first-order valence-corrected chi connectivity index (χ1v) is 10.0. The fraction of sp³-hybridized carbons (Fsp3) is 0.364. The van der Waals surface area contributed by atoms with Crippen LogP contribution in [0.2, 0.25) is 0 Å². The molecule has 7 nitrogen and oxygen atoms in total. The van der Waals surface area contributed by atoms with Gasteiger partial charge in [-0.15, -0.1) is 0 Å². The zero-order chi connectivity index (χ0) is 22.6. The maximum atomic E-state index is 12.9. The van der Waals surface area contributed by atoms with Gasteiger partial charge in [0.15, 0.2) is 17.5 Å². The highest BCUT2D eigenvalue weighted by Gasteiger charge is 2.16. The molecule has 0 aliphatic heterocycles. The Morgan fingerprint density at radius 1 is 1.13 bits per heavy atom. The van der Waals surface area contributed by atoms with Crippen LogP contribution in [0.4, 0.5) is 8.78 Å². The van der Waals surface area contributed by atoms with Gasteiger partial charge >= 0.3 is 6.61 Å². The zero-order valence-corrected chi connectivity index (χ0v) is 17.9. The molecule has 0 aliphatic carbocycles. The molecule has 1 amide bonds. The molecule has 0 atom stereocenters. The number of hydrogen-bond acceptors (Lipinski definition) is 4. The number of para-hydroxylation sites is 1. The fourth-order valence-corrected chi connectivity index (χ4v) is 2.84. The van der Waals surface area contributed by atoms with Crippen LogP contribution in [-0.4, -0.2) is 38.7 Å². The number of guanidine groups is 1. The number of aliphatic imine (C=N–C) groups is 1. The minimum atomic E-state index is -2.96. The summed E-state index contributed by atoms with van der Waals surface area (Å²) in [6.45, 7) is 2.21. The molecular formula is C22H28F2N4O3. The first-order chi connectivity index (χ1) is 15.0. The van der Waals surface area contributed by atoms with E-state index in [0.717, 1.165) is 5.56 Å². The second-order valence-corrected chi connectivity index (χ2v) is 6.38. The summed E-state index contributed by atoms with van der Waals surface area (Å²) >= 11 is 0. The first kappa shape index (κ1) is 23.9. The van der Waals surface area contributed by atoms with Crippen LogP contribution in [0.1, 0.15) is 35.3 Å². The van der Waals surface area contributed by atoms with E-state index in [-0.39, 0.29) is 24.0 Å². The molecule has 0 aromatic heterocycles. The topological polar surface area (TPSA) is 84.0 Å². The summed E-state index contributed by atoms with van der Waals surface area (Å²) < 4.78 is 35.9. The van der Waals surface area contributed by atoms with Crippen molar-refractivity contribution in [1.29, 1.82) is 0 Å². The molecule has 0 unspecified atom stereocenters. The van der Waals surface area contributed by atoms with Gasteiger partial charge in [0.1, 0.15) is 0 Å². The summed E-state index contributed by atoms with van der Waals surface area (Å²) in [6.07, 6.45) is 0. The van der Waals surface area contributed by atoms with Crippen molar-refractivity contribution in [2.24, 2.45) is 4.99 Å². The third kappa shape index (κ3) is 7.44. The van der Waals surface area contributed by atoms with E-state index in [0.29, 0.717) is 36.8 Å². The molecular weight excluding hydrogens is 406 g/mol. The molecule has 0 heterocycles. The van der Waals surface area contributed by atoms with Gasteiger partial charge in [-0.2, -0.15) is 8.78 Å². The number of alkyl halides is 2. The standard InChI is InChI=1S/C22H28F2N4O3/c1-4-26-22(27-13-15-8-6-9-16(12-15)20(29)25-3)28-14-17-10-7-11-18(30-5-2)19(17)31-21(23)24/h6-12,21H,4-5,13-14H2,1-3H3,(H,25,29)(H2,26,27,28). The van der Waals surface area contributed by atoms with Crippen LogP contribution in [-0.2, 0) is 13.1 Å². The number of ether oxygens (including phenoxy) is 2. The normalized spacial score (nSPS) is 11.2. The van der Waals surface area contributed by atoms with Gasteiger partial charge < -0.3 is 25.4 Å². The van der Waals surface area contributed by atoms with Crippen LogP contribution in [0.15, 0.2) is 47.5 Å². The number of benzene rings is 2. The zero-order valence-electron chi connectivity index (χ0n) is 17.9. The molecule has 0 radical (unpaired) electrons. The lowest BCUT2D eigenvalue weighted by molar-refractivity contribution is -0.0520. The maximum absolute atomic E-state index is 12.9. The highest BCUT2D eigenvalue weighted by molar-refractivity contribution is 5.94. The van der Waals surface area contributed by atoms with Crippen LogP contribution in [0.25, 0.3) is 0 Å². The fourth-order valence-electron chi connectivity index (χ4n) is 2.84. The summed E-state index contributed by atoms with van der Waals surface area (Å²) in [5, 5.41) is 8.82. The Hall–Kier alpha value is -3.36. The van der Waals surface area contributed by atoms with Crippen molar-refractivity contribution >= 4 is 11.9 Å². The van der Waals surface area contributed by atoms with Crippen molar-refractivity contribution in [1.82, 2.24) is 16.0 Å². The van der Waals surface area contributed by atoms with Gasteiger partial charge in [-0.25, -0.2) is 4.99 Å². The van der Waals surface area contributed by atoms with E-state index in [1.807, 2.05) is 13.0 Å². The summed E-state index contributed by atoms with van der Waals surface area (Å²) in [6, 6.07) is 12.2. The Labute approximate surface area is 180 Å². The van der Waals surface area contributed by atoms with Gasteiger partial charge in [-0.1, -0.05) is 24.3 Å². The van der Waals surface area contributed by atoms with Crippen molar-refractivity contribution in [2.75, 3.05) is 20.2 Å². The van der Waals surface area contributed by atoms with Crippen molar-refractivity contribution in [3.63, 3.8) is 0 Å². The second kappa shape index (κ2) is 12.4. The van der Waals surface area contributed by atoms with E-state index in [2.05, 4.69) is 20.9 Å². The van der Waals surface area contributed by atoms with Gasteiger partial charge in [-0.05, 0) is 37.6 Å². The summed E-state index contributed by atoms with van der Waals surface area (Å²) in [5.41, 5.74) is 1.92. The van der Waals surface area contributed by atoms with E-state index in [9.17, 15) is 13.6 Å².